The maximum Gasteiger partial charge on any atom is 0.125 e. The lowest BCUT2D eigenvalue weighted by Crippen LogP contribution is -1.77. The third kappa shape index (κ3) is 2.05. The fourth-order valence-corrected chi connectivity index (χ4v) is 2.93. The molecule has 1 heterocycles. The lowest BCUT2D eigenvalue weighted by molar-refractivity contribution is 1.40. The van der Waals surface area contributed by atoms with Crippen molar-refractivity contribution in [3.8, 4) is 10.6 Å². The van der Waals surface area contributed by atoms with Crippen molar-refractivity contribution in [1.29, 1.82) is 0 Å². The van der Waals surface area contributed by atoms with Crippen LogP contribution in [0.4, 0.5) is 0 Å². The summed E-state index contributed by atoms with van der Waals surface area (Å²) in [7, 11) is 0. The third-order valence-corrected chi connectivity index (χ3v) is 4.24. The molecule has 0 saturated heterocycles. The highest BCUT2D eigenvalue weighted by Gasteiger charge is 2.09. The fraction of sp³-hybridized carbons (Fsp3) is 0. The van der Waals surface area contributed by atoms with Crippen LogP contribution in [-0.2, 0) is 0 Å². The second-order valence-corrected chi connectivity index (χ2v) is 6.28. The lowest BCUT2D eigenvalue weighted by atomic mass is 10.2. The van der Waals surface area contributed by atoms with Crippen LogP contribution in [0.15, 0.2) is 24.4 Å². The van der Waals surface area contributed by atoms with Gasteiger partial charge in [0.25, 0.3) is 0 Å². The first kappa shape index (κ1) is 10.7. The molecular formula is C9H4Cl2INS. The molecule has 2 aromatic rings. The molecule has 0 amide bonds. The monoisotopic (exact) mass is 355 g/mol. The van der Waals surface area contributed by atoms with Crippen LogP contribution in [0, 0.1) is 2.88 Å². The Hall–Kier alpha value is 0.160. The van der Waals surface area contributed by atoms with E-state index in [0.29, 0.717) is 10.0 Å². The molecule has 0 spiro atoms. The summed E-state index contributed by atoms with van der Waals surface area (Å²) >= 11 is 15.8. The van der Waals surface area contributed by atoms with Gasteiger partial charge in [0.05, 0.1) is 19.1 Å². The average Bonchev–Trinajstić information content (AvgIpc) is 2.57. The highest BCUT2D eigenvalue weighted by molar-refractivity contribution is 14.1. The van der Waals surface area contributed by atoms with E-state index in [0.717, 1.165) is 13.5 Å². The zero-order valence-electron chi connectivity index (χ0n) is 6.80. The van der Waals surface area contributed by atoms with Crippen LogP contribution >= 0.6 is 57.1 Å². The molecule has 0 atom stereocenters. The lowest BCUT2D eigenvalue weighted by Gasteiger charge is -2.00. The molecule has 0 unspecified atom stereocenters. The molecule has 14 heavy (non-hydrogen) atoms. The summed E-state index contributed by atoms with van der Waals surface area (Å²) in [4.78, 5) is 4.26. The van der Waals surface area contributed by atoms with Crippen molar-refractivity contribution >= 4 is 57.1 Å². The van der Waals surface area contributed by atoms with Gasteiger partial charge >= 0.3 is 0 Å². The van der Waals surface area contributed by atoms with Crippen molar-refractivity contribution in [3.63, 3.8) is 0 Å². The van der Waals surface area contributed by atoms with Crippen LogP contribution in [0.3, 0.4) is 0 Å². The van der Waals surface area contributed by atoms with E-state index >= 15 is 0 Å². The summed E-state index contributed by atoms with van der Waals surface area (Å²) < 4.78 is 1.13. The van der Waals surface area contributed by atoms with Gasteiger partial charge in [-0.15, -0.1) is 11.3 Å². The normalized spacial score (nSPS) is 10.5. The predicted molar refractivity (Wildman–Crippen MR) is 70.3 cm³/mol. The Morgan fingerprint density at radius 3 is 2.71 bits per heavy atom. The van der Waals surface area contributed by atoms with Crippen LogP contribution < -0.4 is 0 Å². The number of nitrogens with zero attached hydrogens (tertiary/aromatic N) is 1. The Morgan fingerprint density at radius 2 is 2.07 bits per heavy atom. The minimum atomic E-state index is 0.564. The molecular weight excluding hydrogens is 352 g/mol. The first-order chi connectivity index (χ1) is 6.68. The standard InChI is InChI=1S/C9H4Cl2INS/c10-6-3-1-2-5(8(6)11)9-13-4-7(12)14-9/h1-4H. The second kappa shape index (κ2) is 4.35. The van der Waals surface area contributed by atoms with Crippen LogP contribution in [-0.4, -0.2) is 4.98 Å². The van der Waals surface area contributed by atoms with E-state index in [1.54, 1.807) is 17.4 Å². The van der Waals surface area contributed by atoms with Crippen molar-refractivity contribution in [1.82, 2.24) is 4.98 Å². The van der Waals surface area contributed by atoms with Gasteiger partial charge in [0.1, 0.15) is 5.01 Å². The smallest absolute Gasteiger partial charge is 0.125 e. The van der Waals surface area contributed by atoms with Gasteiger partial charge < -0.3 is 0 Å². The van der Waals surface area contributed by atoms with Crippen LogP contribution in [0.1, 0.15) is 0 Å². The number of halogens is 3. The van der Waals surface area contributed by atoms with E-state index in [-0.39, 0.29) is 0 Å². The van der Waals surface area contributed by atoms with Crippen LogP contribution in [0.25, 0.3) is 10.6 Å². The minimum Gasteiger partial charge on any atom is -0.243 e. The zero-order valence-corrected chi connectivity index (χ0v) is 11.3. The second-order valence-electron chi connectivity index (χ2n) is 2.57. The van der Waals surface area contributed by atoms with Gasteiger partial charge in [-0.1, -0.05) is 35.3 Å². The third-order valence-electron chi connectivity index (χ3n) is 1.66. The minimum absolute atomic E-state index is 0.564. The molecule has 0 radical (unpaired) electrons. The van der Waals surface area contributed by atoms with E-state index in [2.05, 4.69) is 27.6 Å². The molecule has 72 valence electrons. The maximum atomic E-state index is 6.07. The molecule has 0 aliphatic heterocycles. The summed E-state index contributed by atoms with van der Waals surface area (Å²) in [6, 6.07) is 5.56. The van der Waals surface area contributed by atoms with Crippen molar-refractivity contribution in [3.05, 3.63) is 37.3 Å². The molecule has 0 saturated carbocycles. The van der Waals surface area contributed by atoms with Crippen molar-refractivity contribution < 1.29 is 0 Å². The summed E-state index contributed by atoms with van der Waals surface area (Å²) in [5.74, 6) is 0. The maximum absolute atomic E-state index is 6.07. The number of hydrogen-bond donors (Lipinski definition) is 0. The van der Waals surface area contributed by atoms with Gasteiger partial charge in [0.15, 0.2) is 0 Å². The number of benzene rings is 1. The summed E-state index contributed by atoms with van der Waals surface area (Å²) in [5.41, 5.74) is 0.895. The van der Waals surface area contributed by atoms with Crippen LogP contribution in [0.2, 0.25) is 10.0 Å². The Morgan fingerprint density at radius 1 is 1.29 bits per heavy atom. The van der Waals surface area contributed by atoms with Gasteiger partial charge in [-0.2, -0.15) is 0 Å². The Bertz CT molecular complexity index is 470. The van der Waals surface area contributed by atoms with Crippen molar-refractivity contribution in [2.45, 2.75) is 0 Å². The van der Waals surface area contributed by atoms with E-state index in [1.807, 2.05) is 18.3 Å². The predicted octanol–water partition coefficient (Wildman–Crippen LogP) is 4.72. The van der Waals surface area contributed by atoms with E-state index in [9.17, 15) is 0 Å². The zero-order chi connectivity index (χ0) is 10.1. The summed E-state index contributed by atoms with van der Waals surface area (Å²) in [6.45, 7) is 0. The molecule has 5 heteroatoms. The number of hydrogen-bond acceptors (Lipinski definition) is 2. The first-order valence-electron chi connectivity index (χ1n) is 3.74. The van der Waals surface area contributed by atoms with Gasteiger partial charge in [-0.25, -0.2) is 4.98 Å². The molecule has 0 bridgehead atoms. The quantitative estimate of drug-likeness (QED) is 0.674. The van der Waals surface area contributed by atoms with Gasteiger partial charge in [-0.05, 0) is 28.7 Å². The van der Waals surface area contributed by atoms with Gasteiger partial charge in [-0.3, -0.25) is 0 Å². The highest BCUT2D eigenvalue weighted by Crippen LogP contribution is 2.35. The van der Waals surface area contributed by atoms with Crippen molar-refractivity contribution in [2.75, 3.05) is 0 Å². The fourth-order valence-electron chi connectivity index (χ4n) is 1.05. The number of rotatable bonds is 1. The summed E-state index contributed by atoms with van der Waals surface area (Å²) in [6.07, 6.45) is 1.82. The molecule has 1 aromatic heterocycles. The molecule has 1 aromatic carbocycles. The number of thiazole rings is 1. The van der Waals surface area contributed by atoms with E-state index in [1.165, 1.54) is 0 Å². The van der Waals surface area contributed by atoms with Crippen molar-refractivity contribution in [2.24, 2.45) is 0 Å². The van der Waals surface area contributed by atoms with E-state index < -0.39 is 0 Å². The van der Waals surface area contributed by atoms with Crippen LogP contribution in [0.5, 0.6) is 0 Å². The average molecular weight is 356 g/mol. The Labute approximate surface area is 109 Å². The van der Waals surface area contributed by atoms with Gasteiger partial charge in [0, 0.05) is 5.56 Å². The number of aromatic nitrogens is 1. The Balaban J connectivity index is 2.57. The largest absolute Gasteiger partial charge is 0.243 e. The Kier molecular flexibility index (Phi) is 3.31. The van der Waals surface area contributed by atoms with E-state index in [4.69, 9.17) is 23.2 Å². The molecule has 0 aliphatic rings. The highest BCUT2D eigenvalue weighted by atomic mass is 127. The first-order valence-corrected chi connectivity index (χ1v) is 6.39. The SMILES string of the molecule is Clc1cccc(-c2ncc(I)s2)c1Cl. The molecule has 0 fully saturated rings. The molecule has 0 N–H and O–H groups in total. The molecule has 2 rings (SSSR count). The van der Waals surface area contributed by atoms with Gasteiger partial charge in [0.2, 0.25) is 0 Å². The molecule has 1 nitrogen and oxygen atoms in total. The molecule has 0 aliphatic carbocycles. The topological polar surface area (TPSA) is 12.9 Å². The summed E-state index contributed by atoms with van der Waals surface area (Å²) in [5, 5.41) is 2.04.